The van der Waals surface area contributed by atoms with E-state index in [-0.39, 0.29) is 0 Å². The van der Waals surface area contributed by atoms with Crippen LogP contribution in [-0.2, 0) is 9.47 Å². The third-order valence-corrected chi connectivity index (χ3v) is 3.52. The van der Waals surface area contributed by atoms with Crippen LogP contribution in [0.4, 0.5) is 4.79 Å². The van der Waals surface area contributed by atoms with Crippen molar-refractivity contribution >= 4 is 6.09 Å². The van der Waals surface area contributed by atoms with Gasteiger partial charge in [-0.2, -0.15) is 0 Å². The van der Waals surface area contributed by atoms with Crippen molar-refractivity contribution in [2.24, 2.45) is 0 Å². The first-order valence-corrected chi connectivity index (χ1v) is 7.49. The molecule has 122 valence electrons. The van der Waals surface area contributed by atoms with Gasteiger partial charge in [-0.05, 0) is 40.2 Å². The number of ether oxygens (including phenoxy) is 2. The van der Waals surface area contributed by atoms with Gasteiger partial charge in [-0.25, -0.2) is 4.79 Å². The molecule has 0 unspecified atom stereocenters. The van der Waals surface area contributed by atoms with Gasteiger partial charge in [-0.1, -0.05) is 30.3 Å². The summed E-state index contributed by atoms with van der Waals surface area (Å²) in [7, 11) is 0. The van der Waals surface area contributed by atoms with E-state index in [1.54, 1.807) is 0 Å². The van der Waals surface area contributed by atoms with Crippen molar-refractivity contribution in [1.82, 2.24) is 4.90 Å². The molecule has 1 aromatic rings. The van der Waals surface area contributed by atoms with Gasteiger partial charge in [0.1, 0.15) is 11.7 Å². The highest BCUT2D eigenvalue weighted by molar-refractivity contribution is 5.70. The fourth-order valence-corrected chi connectivity index (χ4v) is 2.49. The lowest BCUT2D eigenvalue weighted by atomic mass is 10.0. The number of benzene rings is 1. The molecule has 0 bridgehead atoms. The van der Waals surface area contributed by atoms with E-state index < -0.39 is 29.6 Å². The highest BCUT2D eigenvalue weighted by Crippen LogP contribution is 2.35. The van der Waals surface area contributed by atoms with E-state index >= 15 is 0 Å². The molecule has 1 aromatic carbocycles. The molecule has 1 N–H and O–H groups in total. The summed E-state index contributed by atoms with van der Waals surface area (Å²) in [5, 5.41) is 10.6. The van der Waals surface area contributed by atoms with E-state index in [0.717, 1.165) is 0 Å². The molecule has 1 aliphatic heterocycles. The third kappa shape index (κ3) is 3.59. The van der Waals surface area contributed by atoms with Crippen LogP contribution >= 0.6 is 0 Å². The Labute approximate surface area is 131 Å². The number of carbonyl (C=O) groups is 1. The second-order valence-electron chi connectivity index (χ2n) is 7.22. The van der Waals surface area contributed by atoms with Crippen LogP contribution in [0, 0.1) is 0 Å². The predicted molar refractivity (Wildman–Crippen MR) is 83.3 cm³/mol. The molecule has 0 radical (unpaired) electrons. The molecular formula is C17H25NO4. The Bertz CT molecular complexity index is 521. The Kier molecular flexibility index (Phi) is 4.49. The van der Waals surface area contributed by atoms with E-state index in [9.17, 15) is 9.90 Å². The second kappa shape index (κ2) is 5.89. The largest absolute Gasteiger partial charge is 0.444 e. The average Bonchev–Trinajstić information content (AvgIpc) is 2.72. The first-order chi connectivity index (χ1) is 10.1. The van der Waals surface area contributed by atoms with Gasteiger partial charge >= 0.3 is 6.09 Å². The Hall–Kier alpha value is -1.59. The highest BCUT2D eigenvalue weighted by atomic mass is 16.6. The summed E-state index contributed by atoms with van der Waals surface area (Å²) in [4.78, 5) is 14.0. The van der Waals surface area contributed by atoms with Crippen LogP contribution in [0.15, 0.2) is 30.3 Å². The van der Waals surface area contributed by atoms with Crippen molar-refractivity contribution < 1.29 is 19.4 Å². The highest BCUT2D eigenvalue weighted by Gasteiger charge is 2.48. The smallest absolute Gasteiger partial charge is 0.412 e. The van der Waals surface area contributed by atoms with Crippen molar-refractivity contribution in [3.8, 4) is 0 Å². The molecule has 1 heterocycles. The fraction of sp³-hybridized carbons (Fsp3) is 0.588. The van der Waals surface area contributed by atoms with E-state index in [2.05, 4.69) is 0 Å². The number of hydrogen-bond donors (Lipinski definition) is 1. The van der Waals surface area contributed by atoms with Crippen LogP contribution in [-0.4, -0.2) is 40.1 Å². The van der Waals surface area contributed by atoms with Crippen molar-refractivity contribution in [3.05, 3.63) is 35.9 Å². The summed E-state index contributed by atoms with van der Waals surface area (Å²) in [6.45, 7) is 9.59. The van der Waals surface area contributed by atoms with Gasteiger partial charge in [0.15, 0.2) is 6.23 Å². The summed E-state index contributed by atoms with van der Waals surface area (Å²) in [6.07, 6.45) is -2.15. The van der Waals surface area contributed by atoms with E-state index in [0.29, 0.717) is 12.2 Å². The Morgan fingerprint density at radius 3 is 2.50 bits per heavy atom. The first kappa shape index (κ1) is 16.8. The topological polar surface area (TPSA) is 59.0 Å². The van der Waals surface area contributed by atoms with Gasteiger partial charge < -0.3 is 14.6 Å². The molecule has 5 heteroatoms. The number of nitrogens with zero attached hydrogens (tertiary/aromatic N) is 1. The van der Waals surface area contributed by atoms with Crippen molar-refractivity contribution in [1.29, 1.82) is 0 Å². The summed E-state index contributed by atoms with van der Waals surface area (Å²) in [5.41, 5.74) is -0.431. The van der Waals surface area contributed by atoms with Crippen molar-refractivity contribution in [3.63, 3.8) is 0 Å². The molecular weight excluding hydrogens is 282 g/mol. The van der Waals surface area contributed by atoms with E-state index in [4.69, 9.17) is 9.47 Å². The maximum atomic E-state index is 12.5. The minimum atomic E-state index is -0.921. The van der Waals surface area contributed by atoms with Crippen LogP contribution in [0.2, 0.25) is 0 Å². The molecule has 1 aliphatic rings. The van der Waals surface area contributed by atoms with Gasteiger partial charge in [0.25, 0.3) is 0 Å². The molecule has 0 aliphatic carbocycles. The zero-order chi connectivity index (χ0) is 16.5. The number of amides is 1. The molecule has 1 amide bonds. The molecule has 2 rings (SSSR count). The molecule has 0 spiro atoms. The first-order valence-electron chi connectivity index (χ1n) is 7.49. The summed E-state index contributed by atoms with van der Waals surface area (Å²) in [6, 6.07) is 9.19. The Morgan fingerprint density at radius 1 is 1.36 bits per heavy atom. The third-order valence-electron chi connectivity index (χ3n) is 3.52. The van der Waals surface area contributed by atoms with E-state index in [1.807, 2.05) is 65.0 Å². The van der Waals surface area contributed by atoms with Crippen LogP contribution in [0.3, 0.4) is 0 Å². The number of rotatable bonds is 2. The lowest BCUT2D eigenvalue weighted by Gasteiger charge is -2.36. The van der Waals surface area contributed by atoms with E-state index in [1.165, 1.54) is 4.90 Å². The normalized spacial score (nSPS) is 22.5. The van der Waals surface area contributed by atoms with Gasteiger partial charge in [-0.15, -0.1) is 0 Å². The quantitative estimate of drug-likeness (QED) is 0.912. The minimum absolute atomic E-state index is 0.348. The number of aliphatic hydroxyl groups excluding tert-OH is 1. The SMILES string of the molecule is CC(C)(C)OC(=O)N1[C@@H]([C@@H](O)c2ccccc2)OCC1(C)C. The van der Waals surface area contributed by atoms with Gasteiger partial charge in [0.05, 0.1) is 12.1 Å². The van der Waals surface area contributed by atoms with Gasteiger partial charge in [0.2, 0.25) is 0 Å². The molecule has 22 heavy (non-hydrogen) atoms. The average molecular weight is 307 g/mol. The number of carbonyl (C=O) groups excluding carboxylic acids is 1. The Balaban J connectivity index is 2.25. The molecule has 0 aromatic heterocycles. The molecule has 1 saturated heterocycles. The van der Waals surface area contributed by atoms with Crippen LogP contribution < -0.4 is 0 Å². The van der Waals surface area contributed by atoms with Crippen LogP contribution in [0.5, 0.6) is 0 Å². The maximum Gasteiger partial charge on any atom is 0.412 e. The van der Waals surface area contributed by atoms with Crippen molar-refractivity contribution in [2.45, 2.75) is 58.1 Å². The van der Waals surface area contributed by atoms with Gasteiger partial charge in [-0.3, -0.25) is 4.90 Å². The number of aliphatic hydroxyl groups is 1. The molecule has 1 fully saturated rings. The minimum Gasteiger partial charge on any atom is -0.444 e. The molecule has 5 nitrogen and oxygen atoms in total. The molecule has 0 saturated carbocycles. The summed E-state index contributed by atoms with van der Waals surface area (Å²) in [5.74, 6) is 0. The number of hydrogen-bond acceptors (Lipinski definition) is 4. The van der Waals surface area contributed by atoms with Crippen LogP contribution in [0.1, 0.15) is 46.3 Å². The standard InChI is InChI=1S/C17H25NO4/c1-16(2,3)22-15(20)18-14(21-11-17(18,4)5)13(19)12-9-7-6-8-10-12/h6-10,13-14,19H,11H2,1-5H3/t13-,14+/m0/s1. The van der Waals surface area contributed by atoms with Crippen LogP contribution in [0.25, 0.3) is 0 Å². The zero-order valence-electron chi connectivity index (χ0n) is 13.9. The summed E-state index contributed by atoms with van der Waals surface area (Å²) >= 11 is 0. The Morgan fingerprint density at radius 2 is 1.95 bits per heavy atom. The predicted octanol–water partition coefficient (Wildman–Crippen LogP) is 3.09. The monoisotopic (exact) mass is 307 g/mol. The summed E-state index contributed by atoms with van der Waals surface area (Å²) < 4.78 is 11.2. The lowest BCUT2D eigenvalue weighted by Crippen LogP contribution is -2.51. The fourth-order valence-electron chi connectivity index (χ4n) is 2.49. The van der Waals surface area contributed by atoms with Gasteiger partial charge in [0, 0.05) is 0 Å². The maximum absolute atomic E-state index is 12.5. The molecule has 2 atom stereocenters. The lowest BCUT2D eigenvalue weighted by molar-refractivity contribution is -0.0750. The second-order valence-corrected chi connectivity index (χ2v) is 7.22. The van der Waals surface area contributed by atoms with Crippen molar-refractivity contribution in [2.75, 3.05) is 6.61 Å². The zero-order valence-corrected chi connectivity index (χ0v) is 13.9.